The number of piperidine rings is 1. The van der Waals surface area contributed by atoms with Gasteiger partial charge in [0.1, 0.15) is 5.82 Å². The zero-order valence-electron chi connectivity index (χ0n) is 13.5. The van der Waals surface area contributed by atoms with Crippen LogP contribution in [0.4, 0.5) is 0 Å². The first-order chi connectivity index (χ1) is 11.1. The van der Waals surface area contributed by atoms with Crippen LogP contribution in [0.25, 0.3) is 11.0 Å². The topological polar surface area (TPSA) is 81.2 Å². The van der Waals surface area contributed by atoms with Crippen LogP contribution in [0.1, 0.15) is 24.2 Å². The van der Waals surface area contributed by atoms with Gasteiger partial charge in [0.2, 0.25) is 5.91 Å². The number of H-pyrrole nitrogens is 1. The Morgan fingerprint density at radius 1 is 1.52 bits per heavy atom. The van der Waals surface area contributed by atoms with E-state index in [-0.39, 0.29) is 12.0 Å². The lowest BCUT2D eigenvalue weighted by molar-refractivity contribution is -0.122. The predicted octanol–water partition coefficient (Wildman–Crippen LogP) is 0.987. The Labute approximate surface area is 135 Å². The van der Waals surface area contributed by atoms with Gasteiger partial charge in [-0.25, -0.2) is 4.98 Å². The summed E-state index contributed by atoms with van der Waals surface area (Å²) in [5, 5.41) is 12.5. The van der Waals surface area contributed by atoms with Crippen molar-refractivity contribution in [1.29, 1.82) is 0 Å². The maximum Gasteiger partial charge on any atom is 0.234 e. The summed E-state index contributed by atoms with van der Waals surface area (Å²) in [5.41, 5.74) is 3.19. The number of β-amino-alcohol motifs (C(OH)–C–C–N with tert-alkyl or cyclic N) is 1. The van der Waals surface area contributed by atoms with Gasteiger partial charge in [0.25, 0.3) is 0 Å². The number of hydrogen-bond acceptors (Lipinski definition) is 4. The first kappa shape index (κ1) is 16.0. The number of rotatable bonds is 5. The molecule has 0 bridgehead atoms. The molecule has 0 radical (unpaired) electrons. The number of carbonyl (C=O) groups excluding carboxylic acids is 1. The van der Waals surface area contributed by atoms with E-state index in [1.807, 2.05) is 17.0 Å². The fraction of sp³-hybridized carbons (Fsp3) is 0.529. The molecular formula is C17H24N4O2. The van der Waals surface area contributed by atoms with Gasteiger partial charge in [-0.2, -0.15) is 0 Å². The monoisotopic (exact) mass is 316 g/mol. The van der Waals surface area contributed by atoms with E-state index in [1.54, 1.807) is 0 Å². The number of carbonyl (C=O) groups is 1. The third kappa shape index (κ3) is 4.30. The second-order valence-corrected chi connectivity index (χ2v) is 6.34. The molecule has 0 aliphatic carbocycles. The van der Waals surface area contributed by atoms with E-state index in [1.165, 1.54) is 5.56 Å². The highest BCUT2D eigenvalue weighted by Gasteiger charge is 2.19. The first-order valence-electron chi connectivity index (χ1n) is 8.22. The maximum atomic E-state index is 12.0. The number of amides is 1. The van der Waals surface area contributed by atoms with Crippen LogP contribution in [0.2, 0.25) is 0 Å². The fourth-order valence-electron chi connectivity index (χ4n) is 3.05. The summed E-state index contributed by atoms with van der Waals surface area (Å²) in [6.07, 6.45) is 2.18. The lowest BCUT2D eigenvalue weighted by Gasteiger charge is -2.29. The zero-order valence-corrected chi connectivity index (χ0v) is 13.5. The Balaban J connectivity index is 1.45. The van der Waals surface area contributed by atoms with Crippen molar-refractivity contribution in [3.8, 4) is 0 Å². The number of aliphatic hydroxyl groups is 1. The van der Waals surface area contributed by atoms with Gasteiger partial charge in [0, 0.05) is 19.5 Å². The molecule has 0 unspecified atom stereocenters. The molecule has 2 aromatic rings. The maximum absolute atomic E-state index is 12.0. The standard InChI is InChI=1S/C17H24N4O2/c1-12-4-5-14-15(9-12)20-16(19-14)6-7-18-17(23)11-21-8-2-3-13(22)10-21/h4-5,9,13,22H,2-3,6-8,10-11H2,1H3,(H,18,23)(H,19,20)/t13-/m0/s1. The molecule has 1 amide bonds. The summed E-state index contributed by atoms with van der Waals surface area (Å²) in [7, 11) is 0. The molecule has 2 heterocycles. The Bertz CT molecular complexity index is 682. The van der Waals surface area contributed by atoms with Crippen molar-refractivity contribution in [2.75, 3.05) is 26.2 Å². The van der Waals surface area contributed by atoms with E-state index in [9.17, 15) is 9.90 Å². The number of aromatic amines is 1. The van der Waals surface area contributed by atoms with E-state index in [2.05, 4.69) is 28.3 Å². The predicted molar refractivity (Wildman–Crippen MR) is 89.2 cm³/mol. The Morgan fingerprint density at radius 3 is 3.22 bits per heavy atom. The molecule has 124 valence electrons. The van der Waals surface area contributed by atoms with Crippen molar-refractivity contribution in [3.63, 3.8) is 0 Å². The minimum Gasteiger partial charge on any atom is -0.392 e. The molecule has 1 aliphatic heterocycles. The number of aryl methyl sites for hydroxylation is 1. The molecule has 1 aromatic heterocycles. The van der Waals surface area contributed by atoms with Gasteiger partial charge in [0.05, 0.1) is 23.7 Å². The summed E-state index contributed by atoms with van der Waals surface area (Å²) in [4.78, 5) is 21.8. The number of likely N-dealkylation sites (tertiary alicyclic amines) is 1. The number of hydrogen-bond donors (Lipinski definition) is 3. The molecule has 3 N–H and O–H groups in total. The normalized spacial score (nSPS) is 19.1. The smallest absolute Gasteiger partial charge is 0.234 e. The minimum atomic E-state index is -0.296. The van der Waals surface area contributed by atoms with Crippen molar-refractivity contribution in [3.05, 3.63) is 29.6 Å². The lowest BCUT2D eigenvalue weighted by atomic mass is 10.1. The van der Waals surface area contributed by atoms with Crippen LogP contribution in [-0.2, 0) is 11.2 Å². The lowest BCUT2D eigenvalue weighted by Crippen LogP contribution is -2.44. The number of nitrogens with zero attached hydrogens (tertiary/aromatic N) is 2. The van der Waals surface area contributed by atoms with Gasteiger partial charge in [-0.1, -0.05) is 6.07 Å². The van der Waals surface area contributed by atoms with Gasteiger partial charge in [-0.15, -0.1) is 0 Å². The highest BCUT2D eigenvalue weighted by Crippen LogP contribution is 2.13. The molecule has 0 spiro atoms. The molecule has 1 aromatic carbocycles. The van der Waals surface area contributed by atoms with Gasteiger partial charge in [0.15, 0.2) is 0 Å². The summed E-state index contributed by atoms with van der Waals surface area (Å²) in [6.45, 7) is 4.45. The van der Waals surface area contributed by atoms with Crippen molar-refractivity contribution >= 4 is 16.9 Å². The number of nitrogens with one attached hydrogen (secondary N) is 2. The van der Waals surface area contributed by atoms with E-state index in [0.29, 0.717) is 26.1 Å². The average Bonchev–Trinajstić information content (AvgIpc) is 2.89. The van der Waals surface area contributed by atoms with Crippen LogP contribution in [-0.4, -0.2) is 58.2 Å². The van der Waals surface area contributed by atoms with Crippen LogP contribution in [0.15, 0.2) is 18.2 Å². The SMILES string of the molecule is Cc1ccc2nc(CCNC(=O)CN3CCC[C@H](O)C3)[nH]c2c1. The third-order valence-corrected chi connectivity index (χ3v) is 4.22. The molecule has 1 atom stereocenters. The summed E-state index contributed by atoms with van der Waals surface area (Å²) >= 11 is 0. The van der Waals surface area contributed by atoms with Crippen molar-refractivity contribution in [2.24, 2.45) is 0 Å². The third-order valence-electron chi connectivity index (χ3n) is 4.22. The fourth-order valence-corrected chi connectivity index (χ4v) is 3.05. The average molecular weight is 316 g/mol. The molecule has 0 saturated carbocycles. The molecule has 23 heavy (non-hydrogen) atoms. The van der Waals surface area contributed by atoms with Crippen LogP contribution in [0.5, 0.6) is 0 Å². The van der Waals surface area contributed by atoms with Crippen LogP contribution >= 0.6 is 0 Å². The second-order valence-electron chi connectivity index (χ2n) is 6.34. The van der Waals surface area contributed by atoms with Crippen LogP contribution in [0, 0.1) is 6.92 Å². The highest BCUT2D eigenvalue weighted by molar-refractivity contribution is 5.78. The minimum absolute atomic E-state index is 0.00561. The van der Waals surface area contributed by atoms with E-state index in [0.717, 1.165) is 36.2 Å². The number of imidazole rings is 1. The Morgan fingerprint density at radius 2 is 2.39 bits per heavy atom. The summed E-state index contributed by atoms with van der Waals surface area (Å²) < 4.78 is 0. The number of benzene rings is 1. The van der Waals surface area contributed by atoms with Crippen LogP contribution < -0.4 is 5.32 Å². The summed E-state index contributed by atoms with van der Waals surface area (Å²) in [6, 6.07) is 6.12. The number of fused-ring (bicyclic) bond motifs is 1. The first-order valence-corrected chi connectivity index (χ1v) is 8.22. The molecule has 1 aliphatic rings. The quantitative estimate of drug-likeness (QED) is 0.768. The largest absolute Gasteiger partial charge is 0.392 e. The van der Waals surface area contributed by atoms with Gasteiger partial charge in [-0.3, -0.25) is 9.69 Å². The van der Waals surface area contributed by atoms with Gasteiger partial charge < -0.3 is 15.4 Å². The van der Waals surface area contributed by atoms with Gasteiger partial charge >= 0.3 is 0 Å². The number of aliphatic hydroxyl groups excluding tert-OH is 1. The highest BCUT2D eigenvalue weighted by atomic mass is 16.3. The van der Waals surface area contributed by atoms with Crippen LogP contribution in [0.3, 0.4) is 0 Å². The van der Waals surface area contributed by atoms with Crippen molar-refractivity contribution < 1.29 is 9.90 Å². The van der Waals surface area contributed by atoms with Crippen molar-refractivity contribution in [1.82, 2.24) is 20.2 Å². The zero-order chi connectivity index (χ0) is 16.2. The van der Waals surface area contributed by atoms with Gasteiger partial charge in [-0.05, 0) is 44.0 Å². The van der Waals surface area contributed by atoms with E-state index in [4.69, 9.17) is 0 Å². The number of aromatic nitrogens is 2. The molecule has 3 rings (SSSR count). The van der Waals surface area contributed by atoms with E-state index >= 15 is 0 Å². The molecular weight excluding hydrogens is 292 g/mol. The second kappa shape index (κ2) is 7.10. The molecule has 1 fully saturated rings. The molecule has 6 heteroatoms. The van der Waals surface area contributed by atoms with E-state index < -0.39 is 0 Å². The molecule has 6 nitrogen and oxygen atoms in total. The Hall–Kier alpha value is -1.92. The molecule has 1 saturated heterocycles. The Kier molecular flexibility index (Phi) is 4.93. The van der Waals surface area contributed by atoms with Crippen molar-refractivity contribution in [2.45, 2.75) is 32.3 Å². The summed E-state index contributed by atoms with van der Waals surface area (Å²) in [5.74, 6) is 0.894.